The molecule has 1 atom stereocenters. The van der Waals surface area contributed by atoms with Gasteiger partial charge in [0, 0.05) is 12.5 Å². The van der Waals surface area contributed by atoms with Gasteiger partial charge >= 0.3 is 0 Å². The van der Waals surface area contributed by atoms with E-state index < -0.39 is 0 Å². The third-order valence-corrected chi connectivity index (χ3v) is 4.85. The van der Waals surface area contributed by atoms with Gasteiger partial charge in [-0.3, -0.25) is 4.79 Å². The molecule has 118 valence electrons. The van der Waals surface area contributed by atoms with E-state index in [1.54, 1.807) is 0 Å². The summed E-state index contributed by atoms with van der Waals surface area (Å²) in [5, 5.41) is 3.22. The second kappa shape index (κ2) is 8.66. The minimum absolute atomic E-state index is 0.178. The normalized spacial score (nSPS) is 19.4. The zero-order valence-electron chi connectivity index (χ0n) is 13.7. The van der Waals surface area contributed by atoms with Crippen molar-refractivity contribution < 1.29 is 4.79 Å². The number of hydrogen-bond acceptors (Lipinski definition) is 2. The molecule has 1 fully saturated rings. The summed E-state index contributed by atoms with van der Waals surface area (Å²) in [5.41, 5.74) is 5.79. The molecule has 3 heteroatoms. The van der Waals surface area contributed by atoms with Gasteiger partial charge in [0.1, 0.15) is 0 Å². The summed E-state index contributed by atoms with van der Waals surface area (Å²) < 4.78 is 0. The number of nitrogens with one attached hydrogen (secondary N) is 1. The van der Waals surface area contributed by atoms with Crippen LogP contribution in [0.5, 0.6) is 0 Å². The Kier molecular flexibility index (Phi) is 7.57. The van der Waals surface area contributed by atoms with Crippen LogP contribution in [-0.2, 0) is 4.79 Å². The Bertz CT molecular complexity index is 281. The summed E-state index contributed by atoms with van der Waals surface area (Å²) in [6.45, 7) is 7.27. The standard InChI is InChI=1S/C17H34N2O/c1-14(15-8-6-4-5-7-9-15)19-16(20)10-11-17(2,3)12-13-18/h14-15H,4-13,18H2,1-3H3,(H,19,20)/t14-/m1/s1. The minimum Gasteiger partial charge on any atom is -0.353 e. The number of amides is 1. The van der Waals surface area contributed by atoms with Crippen LogP contribution in [0.25, 0.3) is 0 Å². The Hall–Kier alpha value is -0.570. The largest absolute Gasteiger partial charge is 0.353 e. The van der Waals surface area contributed by atoms with Gasteiger partial charge in [0.05, 0.1) is 0 Å². The van der Waals surface area contributed by atoms with Crippen LogP contribution in [0.3, 0.4) is 0 Å². The molecule has 3 nitrogen and oxygen atoms in total. The maximum absolute atomic E-state index is 12.1. The maximum Gasteiger partial charge on any atom is 0.220 e. The van der Waals surface area contributed by atoms with Crippen LogP contribution in [0, 0.1) is 11.3 Å². The summed E-state index contributed by atoms with van der Waals surface area (Å²) in [6.07, 6.45) is 10.5. The molecular weight excluding hydrogens is 248 g/mol. The number of rotatable bonds is 7. The second-order valence-corrected chi connectivity index (χ2v) is 7.31. The molecule has 0 aromatic carbocycles. The number of carbonyl (C=O) groups is 1. The summed E-state index contributed by atoms with van der Waals surface area (Å²) in [7, 11) is 0. The predicted octanol–water partition coefficient (Wildman–Crippen LogP) is 3.62. The van der Waals surface area contributed by atoms with Crippen LogP contribution >= 0.6 is 0 Å². The Morgan fingerprint density at radius 1 is 1.20 bits per heavy atom. The first-order valence-corrected chi connectivity index (χ1v) is 8.44. The van der Waals surface area contributed by atoms with Gasteiger partial charge in [0.25, 0.3) is 0 Å². The smallest absolute Gasteiger partial charge is 0.220 e. The number of carbonyl (C=O) groups excluding carboxylic acids is 1. The number of nitrogens with two attached hydrogens (primary N) is 1. The third-order valence-electron chi connectivity index (χ3n) is 4.85. The molecule has 20 heavy (non-hydrogen) atoms. The van der Waals surface area contributed by atoms with Crippen molar-refractivity contribution in [2.24, 2.45) is 17.1 Å². The molecule has 0 bridgehead atoms. The third kappa shape index (κ3) is 6.74. The van der Waals surface area contributed by atoms with E-state index in [9.17, 15) is 4.79 Å². The average Bonchev–Trinajstić information content (AvgIpc) is 2.65. The van der Waals surface area contributed by atoms with Gasteiger partial charge in [0.2, 0.25) is 5.91 Å². The van der Waals surface area contributed by atoms with E-state index in [0.29, 0.717) is 24.9 Å². The Balaban J connectivity index is 2.30. The van der Waals surface area contributed by atoms with Gasteiger partial charge in [-0.05, 0) is 50.5 Å². The van der Waals surface area contributed by atoms with Crippen molar-refractivity contribution in [3.05, 3.63) is 0 Å². The van der Waals surface area contributed by atoms with Crippen molar-refractivity contribution in [2.45, 2.75) is 84.6 Å². The minimum atomic E-state index is 0.178. The second-order valence-electron chi connectivity index (χ2n) is 7.31. The fourth-order valence-electron chi connectivity index (χ4n) is 3.22. The Morgan fingerprint density at radius 2 is 1.80 bits per heavy atom. The van der Waals surface area contributed by atoms with Crippen LogP contribution in [0.15, 0.2) is 0 Å². The summed E-state index contributed by atoms with van der Waals surface area (Å²) in [5.74, 6) is 0.894. The quantitative estimate of drug-likeness (QED) is 0.701. The van der Waals surface area contributed by atoms with Crippen molar-refractivity contribution in [3.63, 3.8) is 0 Å². The van der Waals surface area contributed by atoms with Crippen molar-refractivity contribution in [1.29, 1.82) is 0 Å². The highest BCUT2D eigenvalue weighted by Gasteiger charge is 2.22. The lowest BCUT2D eigenvalue weighted by molar-refractivity contribution is -0.122. The topological polar surface area (TPSA) is 55.1 Å². The molecule has 0 aromatic heterocycles. The van der Waals surface area contributed by atoms with Gasteiger partial charge < -0.3 is 11.1 Å². The van der Waals surface area contributed by atoms with Crippen LogP contribution < -0.4 is 11.1 Å². The molecule has 0 heterocycles. The predicted molar refractivity (Wildman–Crippen MR) is 85.5 cm³/mol. The zero-order valence-corrected chi connectivity index (χ0v) is 13.7. The van der Waals surface area contributed by atoms with E-state index in [4.69, 9.17) is 5.73 Å². The van der Waals surface area contributed by atoms with Crippen molar-refractivity contribution in [3.8, 4) is 0 Å². The molecule has 1 amide bonds. The van der Waals surface area contributed by atoms with Crippen LogP contribution in [0.1, 0.15) is 78.6 Å². The lowest BCUT2D eigenvalue weighted by Gasteiger charge is -2.26. The van der Waals surface area contributed by atoms with Gasteiger partial charge in [-0.15, -0.1) is 0 Å². The lowest BCUT2D eigenvalue weighted by atomic mass is 9.84. The van der Waals surface area contributed by atoms with E-state index in [2.05, 4.69) is 26.1 Å². The molecule has 0 spiro atoms. The van der Waals surface area contributed by atoms with E-state index in [1.807, 2.05) is 0 Å². The molecule has 0 radical (unpaired) electrons. The molecule has 0 saturated heterocycles. The highest BCUT2D eigenvalue weighted by molar-refractivity contribution is 5.76. The molecule has 0 aliphatic heterocycles. The van der Waals surface area contributed by atoms with Gasteiger partial charge in [-0.2, -0.15) is 0 Å². The Morgan fingerprint density at radius 3 is 2.35 bits per heavy atom. The van der Waals surface area contributed by atoms with Crippen LogP contribution in [0.4, 0.5) is 0 Å². The summed E-state index contributed by atoms with van der Waals surface area (Å²) in [6, 6.07) is 0.332. The molecule has 1 saturated carbocycles. The first-order chi connectivity index (χ1) is 9.44. The van der Waals surface area contributed by atoms with Crippen LogP contribution in [0.2, 0.25) is 0 Å². The van der Waals surface area contributed by atoms with E-state index in [1.165, 1.54) is 38.5 Å². The van der Waals surface area contributed by atoms with Crippen molar-refractivity contribution >= 4 is 5.91 Å². The first kappa shape index (κ1) is 17.5. The first-order valence-electron chi connectivity index (χ1n) is 8.44. The van der Waals surface area contributed by atoms with Gasteiger partial charge in [0.15, 0.2) is 0 Å². The zero-order chi connectivity index (χ0) is 15.0. The van der Waals surface area contributed by atoms with E-state index >= 15 is 0 Å². The summed E-state index contributed by atoms with van der Waals surface area (Å²) >= 11 is 0. The Labute approximate surface area is 125 Å². The highest BCUT2D eigenvalue weighted by atomic mass is 16.1. The molecule has 1 rings (SSSR count). The summed E-state index contributed by atoms with van der Waals surface area (Å²) in [4.78, 5) is 12.1. The van der Waals surface area contributed by atoms with Gasteiger partial charge in [-0.25, -0.2) is 0 Å². The molecule has 1 aliphatic carbocycles. The lowest BCUT2D eigenvalue weighted by Crippen LogP contribution is -2.38. The highest BCUT2D eigenvalue weighted by Crippen LogP contribution is 2.27. The van der Waals surface area contributed by atoms with Crippen molar-refractivity contribution in [2.75, 3.05) is 6.54 Å². The average molecular weight is 282 g/mol. The molecule has 0 unspecified atom stereocenters. The molecule has 3 N–H and O–H groups in total. The SMILES string of the molecule is C[C@@H](NC(=O)CCC(C)(C)CCN)C1CCCCCC1. The fraction of sp³-hybridized carbons (Fsp3) is 0.941. The number of hydrogen-bond donors (Lipinski definition) is 2. The van der Waals surface area contributed by atoms with Gasteiger partial charge in [-0.1, -0.05) is 39.5 Å². The monoisotopic (exact) mass is 282 g/mol. The van der Waals surface area contributed by atoms with Crippen molar-refractivity contribution in [1.82, 2.24) is 5.32 Å². The van der Waals surface area contributed by atoms with Crippen LogP contribution in [-0.4, -0.2) is 18.5 Å². The molecule has 1 aliphatic rings. The van der Waals surface area contributed by atoms with E-state index in [0.717, 1.165) is 12.8 Å². The maximum atomic E-state index is 12.1. The molecule has 0 aromatic rings. The molecular formula is C17H34N2O. The van der Waals surface area contributed by atoms with E-state index in [-0.39, 0.29) is 11.3 Å². The fourth-order valence-corrected chi connectivity index (χ4v) is 3.22.